The van der Waals surface area contributed by atoms with Crippen LogP contribution in [0.25, 0.3) is 5.57 Å². The Morgan fingerprint density at radius 1 is 0.903 bits per heavy atom. The summed E-state index contributed by atoms with van der Waals surface area (Å²) in [5.41, 5.74) is 6.56. The van der Waals surface area contributed by atoms with Gasteiger partial charge in [-0.15, -0.1) is 0 Å². The average molecular weight is 417 g/mol. The van der Waals surface area contributed by atoms with E-state index in [4.69, 9.17) is 0 Å². The lowest BCUT2D eigenvalue weighted by Crippen LogP contribution is -2.37. The van der Waals surface area contributed by atoms with E-state index < -0.39 is 0 Å². The molecule has 2 aliphatic rings. The van der Waals surface area contributed by atoms with Gasteiger partial charge in [0.15, 0.2) is 0 Å². The Hall–Kier alpha value is -2.88. The lowest BCUT2D eigenvalue weighted by Gasteiger charge is -2.32. The van der Waals surface area contributed by atoms with Gasteiger partial charge in [-0.05, 0) is 61.4 Å². The van der Waals surface area contributed by atoms with Gasteiger partial charge < -0.3 is 4.90 Å². The van der Waals surface area contributed by atoms with Crippen molar-refractivity contribution in [2.24, 2.45) is 0 Å². The molecule has 0 radical (unpaired) electrons. The van der Waals surface area contributed by atoms with Crippen LogP contribution in [0.1, 0.15) is 61.3 Å². The molecule has 0 bridgehead atoms. The van der Waals surface area contributed by atoms with Gasteiger partial charge in [-0.3, -0.25) is 14.5 Å². The fourth-order valence-electron chi connectivity index (χ4n) is 4.64. The van der Waals surface area contributed by atoms with Crippen LogP contribution < -0.4 is 4.90 Å². The highest BCUT2D eigenvalue weighted by Gasteiger charge is 2.42. The summed E-state index contributed by atoms with van der Waals surface area (Å²) in [6.07, 6.45) is 6.12. The monoisotopic (exact) mass is 416 g/mol. The molecule has 0 spiro atoms. The van der Waals surface area contributed by atoms with E-state index in [2.05, 4.69) is 37.8 Å². The van der Waals surface area contributed by atoms with Crippen LogP contribution in [0.5, 0.6) is 0 Å². The summed E-state index contributed by atoms with van der Waals surface area (Å²) in [6.45, 7) is 7.53. The number of hydrogen-bond acceptors (Lipinski definition) is 3. The van der Waals surface area contributed by atoms with Crippen LogP contribution in [0, 0.1) is 13.8 Å². The number of aryl methyl sites for hydroxylation is 3. The predicted octanol–water partition coefficient (Wildman–Crippen LogP) is 5.42. The molecule has 4 heteroatoms. The molecule has 0 aromatic heterocycles. The van der Waals surface area contributed by atoms with Crippen molar-refractivity contribution in [2.45, 2.75) is 59.3 Å². The van der Waals surface area contributed by atoms with Gasteiger partial charge >= 0.3 is 0 Å². The summed E-state index contributed by atoms with van der Waals surface area (Å²) < 4.78 is 0. The first-order valence-electron chi connectivity index (χ1n) is 11.6. The smallest absolute Gasteiger partial charge is 0.278 e. The molecule has 0 aliphatic carbocycles. The molecule has 4 rings (SSSR count). The Bertz CT molecular complexity index is 1040. The highest BCUT2D eigenvalue weighted by molar-refractivity contribution is 6.36. The fourth-order valence-corrected chi connectivity index (χ4v) is 4.64. The number of nitrogens with zero attached hydrogens (tertiary/aromatic N) is 2. The van der Waals surface area contributed by atoms with E-state index in [0.717, 1.165) is 61.9 Å². The molecule has 2 heterocycles. The largest absolute Gasteiger partial charge is 0.336 e. The highest BCUT2D eigenvalue weighted by Crippen LogP contribution is 2.38. The number of imide groups is 1. The first kappa shape index (κ1) is 21.4. The van der Waals surface area contributed by atoms with Crippen molar-refractivity contribution in [3.8, 4) is 0 Å². The number of anilines is 1. The zero-order chi connectivity index (χ0) is 22.0. The number of rotatable bonds is 7. The number of hydrogen-bond donors (Lipinski definition) is 0. The van der Waals surface area contributed by atoms with Crippen molar-refractivity contribution in [1.29, 1.82) is 0 Å². The van der Waals surface area contributed by atoms with Gasteiger partial charge in [0, 0.05) is 18.8 Å². The van der Waals surface area contributed by atoms with Crippen molar-refractivity contribution in [3.63, 3.8) is 0 Å². The molecular weight excluding hydrogens is 384 g/mol. The topological polar surface area (TPSA) is 40.6 Å². The first-order valence-corrected chi connectivity index (χ1v) is 11.6. The third kappa shape index (κ3) is 4.04. The molecule has 2 aromatic rings. The number of unbranched alkanes of at least 4 members (excludes halogenated alkanes) is 3. The maximum Gasteiger partial charge on any atom is 0.278 e. The normalized spacial score (nSPS) is 16.4. The van der Waals surface area contributed by atoms with Crippen LogP contribution in [-0.4, -0.2) is 29.8 Å². The van der Waals surface area contributed by atoms with Gasteiger partial charge in [-0.25, -0.2) is 0 Å². The molecule has 0 unspecified atom stereocenters. The van der Waals surface area contributed by atoms with Crippen LogP contribution in [-0.2, 0) is 16.0 Å². The number of carbonyl (C=O) groups is 2. The van der Waals surface area contributed by atoms with E-state index >= 15 is 0 Å². The lowest BCUT2D eigenvalue weighted by atomic mass is 9.97. The zero-order valence-electron chi connectivity index (χ0n) is 18.9. The first-order chi connectivity index (χ1) is 15.0. The molecule has 0 saturated carbocycles. The van der Waals surface area contributed by atoms with Crippen molar-refractivity contribution < 1.29 is 9.59 Å². The molecule has 2 aromatic carbocycles. The van der Waals surface area contributed by atoms with Crippen LogP contribution in [0.3, 0.4) is 0 Å². The van der Waals surface area contributed by atoms with Gasteiger partial charge in [0.25, 0.3) is 11.8 Å². The quantitative estimate of drug-likeness (QED) is 0.447. The third-order valence-electron chi connectivity index (χ3n) is 6.55. The summed E-state index contributed by atoms with van der Waals surface area (Å²) in [6, 6.07) is 14.3. The Morgan fingerprint density at radius 2 is 1.71 bits per heavy atom. The van der Waals surface area contributed by atoms with Gasteiger partial charge in [-0.1, -0.05) is 62.6 Å². The van der Waals surface area contributed by atoms with E-state index in [1.54, 1.807) is 0 Å². The zero-order valence-corrected chi connectivity index (χ0v) is 18.9. The summed E-state index contributed by atoms with van der Waals surface area (Å²) in [5, 5.41) is 0. The van der Waals surface area contributed by atoms with Crippen molar-refractivity contribution in [1.82, 2.24) is 4.90 Å². The summed E-state index contributed by atoms with van der Waals surface area (Å²) in [5.74, 6) is -0.297. The Labute approximate surface area is 185 Å². The second-order valence-electron chi connectivity index (χ2n) is 8.73. The molecule has 0 fully saturated rings. The highest BCUT2D eigenvalue weighted by atomic mass is 16.2. The minimum absolute atomic E-state index is 0.147. The van der Waals surface area contributed by atoms with Crippen LogP contribution >= 0.6 is 0 Å². The van der Waals surface area contributed by atoms with Crippen molar-refractivity contribution >= 4 is 23.1 Å². The molecule has 4 nitrogen and oxygen atoms in total. The maximum atomic E-state index is 13.6. The number of fused-ring (bicyclic) bond motifs is 1. The summed E-state index contributed by atoms with van der Waals surface area (Å²) in [4.78, 5) is 30.8. The molecule has 162 valence electrons. The molecule has 0 atom stereocenters. The third-order valence-corrected chi connectivity index (χ3v) is 6.55. The molecule has 2 aliphatic heterocycles. The standard InChI is InChI=1S/C27H32N2O2/c1-4-5-6-9-16-29-26(30)24(22-15-14-19(2)20(3)18-22)25(27(29)31)28-17-10-12-21-11-7-8-13-23(21)28/h7-8,11,13-15,18H,4-6,9-10,12,16-17H2,1-3H3. The van der Waals surface area contributed by atoms with E-state index in [1.807, 2.05) is 30.3 Å². The minimum Gasteiger partial charge on any atom is -0.336 e. The number of carbonyl (C=O) groups excluding carboxylic acids is 2. The Morgan fingerprint density at radius 3 is 2.48 bits per heavy atom. The molecular formula is C27H32N2O2. The maximum absolute atomic E-state index is 13.6. The summed E-state index contributed by atoms with van der Waals surface area (Å²) >= 11 is 0. The number of amides is 2. The Kier molecular flexibility index (Phi) is 6.26. The molecule has 0 N–H and O–H groups in total. The second-order valence-corrected chi connectivity index (χ2v) is 8.73. The molecule has 2 amide bonds. The van der Waals surface area contributed by atoms with Crippen molar-refractivity contribution in [2.75, 3.05) is 18.0 Å². The second kappa shape index (κ2) is 9.09. The SMILES string of the molecule is CCCCCCN1C(=O)C(c2ccc(C)c(C)c2)=C(N2CCCc3ccccc32)C1=O. The van der Waals surface area contributed by atoms with Gasteiger partial charge in [0.1, 0.15) is 5.70 Å². The minimum atomic E-state index is -0.150. The van der Waals surface area contributed by atoms with E-state index in [1.165, 1.54) is 16.0 Å². The Balaban J connectivity index is 1.78. The van der Waals surface area contributed by atoms with Crippen LogP contribution in [0.4, 0.5) is 5.69 Å². The van der Waals surface area contributed by atoms with Crippen LogP contribution in [0.15, 0.2) is 48.2 Å². The van der Waals surface area contributed by atoms with Gasteiger partial charge in [-0.2, -0.15) is 0 Å². The predicted molar refractivity (Wildman–Crippen MR) is 126 cm³/mol. The van der Waals surface area contributed by atoms with Crippen LogP contribution in [0.2, 0.25) is 0 Å². The average Bonchev–Trinajstić information content (AvgIpc) is 3.02. The van der Waals surface area contributed by atoms with E-state index in [-0.39, 0.29) is 11.8 Å². The lowest BCUT2D eigenvalue weighted by molar-refractivity contribution is -0.137. The van der Waals surface area contributed by atoms with Gasteiger partial charge in [0.05, 0.1) is 5.57 Å². The van der Waals surface area contributed by atoms with E-state index in [9.17, 15) is 9.59 Å². The number of benzene rings is 2. The summed E-state index contributed by atoms with van der Waals surface area (Å²) in [7, 11) is 0. The van der Waals surface area contributed by atoms with Gasteiger partial charge in [0.2, 0.25) is 0 Å². The van der Waals surface area contributed by atoms with E-state index in [0.29, 0.717) is 17.8 Å². The molecule has 0 saturated heterocycles. The molecule has 31 heavy (non-hydrogen) atoms. The fraction of sp³-hybridized carbons (Fsp3) is 0.407. The number of para-hydroxylation sites is 1. The van der Waals surface area contributed by atoms with Crippen molar-refractivity contribution in [3.05, 3.63) is 70.4 Å².